The molecule has 0 unspecified atom stereocenters. The lowest BCUT2D eigenvalue weighted by molar-refractivity contribution is 0.0252. The van der Waals surface area contributed by atoms with Gasteiger partial charge in [-0.05, 0) is 45.8 Å². The highest BCUT2D eigenvalue weighted by atomic mass is 32.3. The molecule has 1 rings (SSSR count). The zero-order valence-electron chi connectivity index (χ0n) is 15.9. The van der Waals surface area contributed by atoms with Crippen molar-refractivity contribution in [1.82, 2.24) is 4.90 Å². The molecule has 0 N–H and O–H groups in total. The standard InChI is InChI=1S/C15H29NO3S.C2H6/c1-8-20(6,7)19-13-9-10-16(11-12(13)2)14(17)18-15(3,4)5;1-2/h8-11H2,1-7H3;1-2H3. The lowest BCUT2D eigenvalue weighted by atomic mass is 10.1. The molecule has 22 heavy (non-hydrogen) atoms. The molecule has 132 valence electrons. The van der Waals surface area contributed by atoms with Gasteiger partial charge >= 0.3 is 6.09 Å². The van der Waals surface area contributed by atoms with Gasteiger partial charge in [0.25, 0.3) is 0 Å². The summed E-state index contributed by atoms with van der Waals surface area (Å²) in [4.78, 5) is 13.8. The summed E-state index contributed by atoms with van der Waals surface area (Å²) in [5.74, 6) is 2.10. The Morgan fingerprint density at radius 2 is 1.82 bits per heavy atom. The largest absolute Gasteiger partial charge is 0.454 e. The van der Waals surface area contributed by atoms with Gasteiger partial charge in [0.15, 0.2) is 0 Å². The Morgan fingerprint density at radius 1 is 1.27 bits per heavy atom. The molecule has 0 aliphatic carbocycles. The first kappa shape index (κ1) is 21.2. The van der Waals surface area contributed by atoms with E-state index < -0.39 is 15.9 Å². The molecule has 4 nitrogen and oxygen atoms in total. The van der Waals surface area contributed by atoms with Crippen LogP contribution in [0, 0.1) is 0 Å². The summed E-state index contributed by atoms with van der Waals surface area (Å²) in [6.45, 7) is 15.1. The summed E-state index contributed by atoms with van der Waals surface area (Å²) in [6.07, 6.45) is 4.89. The maximum absolute atomic E-state index is 12.1. The third-order valence-electron chi connectivity index (χ3n) is 3.19. The fourth-order valence-electron chi connectivity index (χ4n) is 1.83. The Morgan fingerprint density at radius 3 is 2.23 bits per heavy atom. The van der Waals surface area contributed by atoms with Crippen molar-refractivity contribution in [3.63, 3.8) is 0 Å². The van der Waals surface area contributed by atoms with Gasteiger partial charge in [0.1, 0.15) is 11.4 Å². The predicted molar refractivity (Wildman–Crippen MR) is 97.5 cm³/mol. The second kappa shape index (κ2) is 8.70. The number of carbonyl (C=O) groups excluding carboxylic acids is 1. The van der Waals surface area contributed by atoms with Crippen LogP contribution in [0.1, 0.15) is 54.9 Å². The first-order chi connectivity index (χ1) is 10.0. The number of amides is 1. The van der Waals surface area contributed by atoms with Crippen LogP contribution in [0.4, 0.5) is 4.79 Å². The van der Waals surface area contributed by atoms with E-state index in [0.29, 0.717) is 13.1 Å². The second-order valence-electron chi connectivity index (χ2n) is 6.66. The summed E-state index contributed by atoms with van der Waals surface area (Å²) >= 11 is 0. The van der Waals surface area contributed by atoms with Gasteiger partial charge in [0.05, 0.1) is 0 Å². The van der Waals surface area contributed by atoms with E-state index in [4.69, 9.17) is 8.92 Å². The molecule has 0 atom stereocenters. The Bertz CT molecular complexity index is 397. The second-order valence-corrected chi connectivity index (χ2v) is 10.3. The Hall–Kier alpha value is -0.840. The minimum atomic E-state index is -1.01. The molecule has 0 aromatic carbocycles. The molecule has 0 aromatic heterocycles. The fraction of sp³-hybridized carbons (Fsp3) is 0.824. The van der Waals surface area contributed by atoms with Crippen LogP contribution < -0.4 is 0 Å². The minimum Gasteiger partial charge on any atom is -0.454 e. The van der Waals surface area contributed by atoms with Crippen molar-refractivity contribution in [3.05, 3.63) is 11.3 Å². The van der Waals surface area contributed by atoms with Gasteiger partial charge < -0.3 is 13.8 Å². The molecule has 1 aliphatic heterocycles. The molecular formula is C17H35NO3S. The van der Waals surface area contributed by atoms with Crippen LogP contribution in [0.3, 0.4) is 0 Å². The summed E-state index contributed by atoms with van der Waals surface area (Å²) in [6, 6.07) is 0. The number of nitrogens with zero attached hydrogens (tertiary/aromatic N) is 1. The van der Waals surface area contributed by atoms with Crippen molar-refractivity contribution < 1.29 is 13.7 Å². The van der Waals surface area contributed by atoms with E-state index in [9.17, 15) is 4.79 Å². The van der Waals surface area contributed by atoms with Gasteiger partial charge in [0, 0.05) is 25.3 Å². The van der Waals surface area contributed by atoms with E-state index in [2.05, 4.69) is 19.4 Å². The maximum Gasteiger partial charge on any atom is 0.410 e. The van der Waals surface area contributed by atoms with Crippen LogP contribution in [0.25, 0.3) is 0 Å². The molecule has 0 saturated carbocycles. The fourth-order valence-corrected chi connectivity index (χ4v) is 2.72. The molecule has 0 aromatic rings. The zero-order chi connectivity index (χ0) is 17.6. The molecule has 0 spiro atoms. The molecule has 0 saturated heterocycles. The first-order valence-corrected chi connectivity index (χ1v) is 10.7. The molecular weight excluding hydrogens is 298 g/mol. The van der Waals surface area contributed by atoms with Crippen LogP contribution in [-0.4, -0.2) is 47.9 Å². The van der Waals surface area contributed by atoms with Crippen LogP contribution in [0.2, 0.25) is 0 Å². The quantitative estimate of drug-likeness (QED) is 0.734. The highest BCUT2D eigenvalue weighted by Gasteiger charge is 2.27. The number of carbonyl (C=O) groups is 1. The number of hydrogen-bond donors (Lipinski definition) is 0. The summed E-state index contributed by atoms with van der Waals surface area (Å²) in [5, 5.41) is 0. The Kier molecular flexibility index (Phi) is 8.37. The van der Waals surface area contributed by atoms with Crippen molar-refractivity contribution in [1.29, 1.82) is 0 Å². The minimum absolute atomic E-state index is 0.238. The van der Waals surface area contributed by atoms with Gasteiger partial charge in [-0.15, -0.1) is 0 Å². The van der Waals surface area contributed by atoms with Gasteiger partial charge in [-0.1, -0.05) is 31.1 Å². The van der Waals surface area contributed by atoms with Crippen LogP contribution in [0.5, 0.6) is 0 Å². The Labute approximate surface area is 138 Å². The van der Waals surface area contributed by atoms with Gasteiger partial charge in [-0.3, -0.25) is 0 Å². The molecule has 1 aliphatic rings. The summed E-state index contributed by atoms with van der Waals surface area (Å²) in [5.41, 5.74) is 0.691. The highest BCUT2D eigenvalue weighted by Crippen LogP contribution is 2.44. The van der Waals surface area contributed by atoms with Crippen molar-refractivity contribution >= 4 is 16.4 Å². The van der Waals surface area contributed by atoms with E-state index >= 15 is 0 Å². The van der Waals surface area contributed by atoms with Crippen LogP contribution in [0.15, 0.2) is 11.3 Å². The van der Waals surface area contributed by atoms with E-state index in [1.807, 2.05) is 41.5 Å². The summed E-state index contributed by atoms with van der Waals surface area (Å²) < 4.78 is 11.6. The van der Waals surface area contributed by atoms with E-state index in [1.165, 1.54) is 0 Å². The molecule has 0 fully saturated rings. The van der Waals surface area contributed by atoms with Crippen molar-refractivity contribution in [2.45, 2.75) is 60.5 Å². The zero-order valence-corrected chi connectivity index (χ0v) is 16.7. The van der Waals surface area contributed by atoms with Gasteiger partial charge in [-0.2, -0.15) is 0 Å². The van der Waals surface area contributed by atoms with Gasteiger partial charge in [-0.25, -0.2) is 4.79 Å². The third kappa shape index (κ3) is 7.43. The molecule has 5 heteroatoms. The maximum atomic E-state index is 12.1. The molecule has 0 radical (unpaired) electrons. The van der Waals surface area contributed by atoms with Gasteiger partial charge in [0.2, 0.25) is 0 Å². The number of hydrogen-bond acceptors (Lipinski definition) is 3. The van der Waals surface area contributed by atoms with Crippen LogP contribution >= 0.6 is 10.3 Å². The third-order valence-corrected chi connectivity index (χ3v) is 5.23. The van der Waals surface area contributed by atoms with Crippen molar-refractivity contribution in [2.75, 3.05) is 31.4 Å². The smallest absolute Gasteiger partial charge is 0.410 e. The summed E-state index contributed by atoms with van der Waals surface area (Å²) in [7, 11) is -1.01. The normalized spacial score (nSPS) is 16.7. The number of rotatable bonds is 3. The van der Waals surface area contributed by atoms with E-state index in [-0.39, 0.29) is 6.09 Å². The average Bonchev–Trinajstić information content (AvgIpc) is 2.41. The SMILES string of the molecule is CC.CCS(C)(C)OC1=C(C)CN(C(=O)OC(C)(C)C)CC1. The molecule has 1 amide bonds. The highest BCUT2D eigenvalue weighted by molar-refractivity contribution is 8.28. The lowest BCUT2D eigenvalue weighted by Crippen LogP contribution is -2.40. The molecule has 1 heterocycles. The van der Waals surface area contributed by atoms with E-state index in [0.717, 1.165) is 23.5 Å². The van der Waals surface area contributed by atoms with Crippen molar-refractivity contribution in [2.24, 2.45) is 0 Å². The number of ether oxygens (including phenoxy) is 1. The van der Waals surface area contributed by atoms with Crippen molar-refractivity contribution in [3.8, 4) is 0 Å². The Balaban J connectivity index is 0.00000211. The van der Waals surface area contributed by atoms with Crippen LogP contribution in [-0.2, 0) is 8.92 Å². The van der Waals surface area contributed by atoms with E-state index in [1.54, 1.807) is 4.90 Å². The predicted octanol–water partition coefficient (Wildman–Crippen LogP) is 4.94. The first-order valence-electron chi connectivity index (χ1n) is 8.11. The molecule has 0 bridgehead atoms. The lowest BCUT2D eigenvalue weighted by Gasteiger charge is -2.36. The topological polar surface area (TPSA) is 38.8 Å². The monoisotopic (exact) mass is 333 g/mol. The average molecular weight is 334 g/mol.